The van der Waals surface area contributed by atoms with Crippen molar-refractivity contribution in [3.8, 4) is 0 Å². The van der Waals surface area contributed by atoms with E-state index in [2.05, 4.69) is 28.8 Å². The van der Waals surface area contributed by atoms with Crippen LogP contribution in [-0.2, 0) is 0 Å². The van der Waals surface area contributed by atoms with E-state index < -0.39 is 0 Å². The summed E-state index contributed by atoms with van der Waals surface area (Å²) in [6.07, 6.45) is 4.94. The molecule has 106 valence electrons. The van der Waals surface area contributed by atoms with E-state index in [1.807, 2.05) is 18.2 Å². The summed E-state index contributed by atoms with van der Waals surface area (Å²) in [6, 6.07) is 9.13. The van der Waals surface area contributed by atoms with E-state index in [-0.39, 0.29) is 17.5 Å². The van der Waals surface area contributed by atoms with Crippen LogP contribution in [0.2, 0.25) is 0 Å². The molecule has 5 nitrogen and oxygen atoms in total. The monoisotopic (exact) mass is 280 g/mol. The minimum Gasteiger partial charge on any atom is -0.288 e. The Bertz CT molecular complexity index is 811. The van der Waals surface area contributed by atoms with E-state index in [1.54, 1.807) is 35.4 Å². The Labute approximate surface area is 122 Å². The quantitative estimate of drug-likeness (QED) is 0.739. The number of hydrogen-bond donors (Lipinski definition) is 0. The van der Waals surface area contributed by atoms with Crippen molar-refractivity contribution >= 4 is 11.0 Å². The van der Waals surface area contributed by atoms with Crippen LogP contribution in [0, 0.1) is 5.92 Å². The minimum absolute atomic E-state index is 0.134. The molecular weight excluding hydrogens is 264 g/mol. The Hall–Kier alpha value is -2.56. The Kier molecular flexibility index (Phi) is 3.48. The predicted molar refractivity (Wildman–Crippen MR) is 81.0 cm³/mol. The number of aromatic nitrogens is 4. The lowest BCUT2D eigenvalue weighted by Crippen LogP contribution is -2.30. The largest absolute Gasteiger partial charge is 0.288 e. The van der Waals surface area contributed by atoms with Gasteiger partial charge in [-0.3, -0.25) is 14.3 Å². The topological polar surface area (TPSA) is 60.7 Å². The van der Waals surface area contributed by atoms with Crippen LogP contribution in [-0.4, -0.2) is 19.5 Å². The molecule has 3 aromatic rings. The highest BCUT2D eigenvalue weighted by atomic mass is 16.1. The van der Waals surface area contributed by atoms with Gasteiger partial charge in [-0.05, 0) is 30.2 Å². The molecule has 3 aromatic heterocycles. The molecule has 1 unspecified atom stereocenters. The third-order valence-electron chi connectivity index (χ3n) is 3.47. The first-order valence-electron chi connectivity index (χ1n) is 6.91. The molecule has 0 fully saturated rings. The lowest BCUT2D eigenvalue weighted by atomic mass is 10.00. The Morgan fingerprint density at radius 3 is 2.52 bits per heavy atom. The van der Waals surface area contributed by atoms with Crippen molar-refractivity contribution in [1.82, 2.24) is 19.5 Å². The predicted octanol–water partition coefficient (Wildman–Crippen LogP) is 2.43. The maximum absolute atomic E-state index is 12.7. The van der Waals surface area contributed by atoms with Gasteiger partial charge in [0.1, 0.15) is 0 Å². The molecule has 0 aliphatic heterocycles. The van der Waals surface area contributed by atoms with Crippen LogP contribution in [0.25, 0.3) is 11.0 Å². The summed E-state index contributed by atoms with van der Waals surface area (Å²) in [6.45, 7) is 4.13. The summed E-state index contributed by atoms with van der Waals surface area (Å²) in [5.74, 6) is 0.209. The summed E-state index contributed by atoms with van der Waals surface area (Å²) < 4.78 is 1.63. The van der Waals surface area contributed by atoms with Gasteiger partial charge in [0, 0.05) is 12.4 Å². The third-order valence-corrected chi connectivity index (χ3v) is 3.47. The van der Waals surface area contributed by atoms with Gasteiger partial charge < -0.3 is 0 Å². The number of pyridine rings is 2. The molecule has 1 atom stereocenters. The molecular formula is C16H16N4O. The van der Waals surface area contributed by atoms with Crippen LogP contribution >= 0.6 is 0 Å². The normalized spacial score (nSPS) is 12.7. The highest BCUT2D eigenvalue weighted by molar-refractivity contribution is 5.71. The molecule has 0 aromatic carbocycles. The summed E-state index contributed by atoms with van der Waals surface area (Å²) in [5, 5.41) is 0. The first kappa shape index (κ1) is 13.4. The molecule has 3 rings (SSSR count). The van der Waals surface area contributed by atoms with Gasteiger partial charge in [-0.1, -0.05) is 19.9 Å². The fourth-order valence-corrected chi connectivity index (χ4v) is 2.52. The van der Waals surface area contributed by atoms with Crippen molar-refractivity contribution in [1.29, 1.82) is 0 Å². The highest BCUT2D eigenvalue weighted by Crippen LogP contribution is 2.23. The molecule has 0 aliphatic rings. The number of nitrogens with zero attached hydrogens (tertiary/aromatic N) is 4. The number of rotatable bonds is 3. The van der Waals surface area contributed by atoms with Crippen LogP contribution in [0.4, 0.5) is 0 Å². The van der Waals surface area contributed by atoms with Gasteiger partial charge in [-0.2, -0.15) is 0 Å². The summed E-state index contributed by atoms with van der Waals surface area (Å²) in [7, 11) is 0. The van der Waals surface area contributed by atoms with Gasteiger partial charge in [-0.15, -0.1) is 0 Å². The van der Waals surface area contributed by atoms with Crippen LogP contribution < -0.4 is 5.56 Å². The van der Waals surface area contributed by atoms with Gasteiger partial charge in [0.2, 0.25) is 0 Å². The van der Waals surface area contributed by atoms with Crippen molar-refractivity contribution in [2.45, 2.75) is 19.9 Å². The van der Waals surface area contributed by atoms with Crippen molar-refractivity contribution in [2.24, 2.45) is 5.92 Å². The van der Waals surface area contributed by atoms with E-state index in [0.717, 1.165) is 5.69 Å². The first-order valence-corrected chi connectivity index (χ1v) is 6.91. The van der Waals surface area contributed by atoms with Crippen molar-refractivity contribution in [3.05, 3.63) is 65.1 Å². The van der Waals surface area contributed by atoms with E-state index in [4.69, 9.17) is 0 Å². The SMILES string of the molecule is CC(C)C(c1ccccn1)n1cnc2cccnc2c1=O. The molecule has 0 aliphatic carbocycles. The lowest BCUT2D eigenvalue weighted by molar-refractivity contribution is 0.415. The molecule has 3 heterocycles. The minimum atomic E-state index is -0.155. The second-order valence-electron chi connectivity index (χ2n) is 5.27. The summed E-state index contributed by atoms with van der Waals surface area (Å²) >= 11 is 0. The first-order chi connectivity index (χ1) is 10.2. The van der Waals surface area contributed by atoms with Gasteiger partial charge in [0.05, 0.1) is 23.6 Å². The van der Waals surface area contributed by atoms with Crippen molar-refractivity contribution in [3.63, 3.8) is 0 Å². The average Bonchev–Trinajstić information content (AvgIpc) is 2.51. The highest BCUT2D eigenvalue weighted by Gasteiger charge is 2.21. The third kappa shape index (κ3) is 2.42. The zero-order chi connectivity index (χ0) is 14.8. The number of hydrogen-bond acceptors (Lipinski definition) is 4. The molecule has 0 radical (unpaired) electrons. The van der Waals surface area contributed by atoms with Gasteiger partial charge in [0.15, 0.2) is 5.52 Å². The smallest absolute Gasteiger partial charge is 0.280 e. The number of fused-ring (bicyclic) bond motifs is 1. The van der Waals surface area contributed by atoms with Gasteiger partial charge in [-0.25, -0.2) is 9.97 Å². The molecule has 0 N–H and O–H groups in total. The Balaban J connectivity index is 2.21. The summed E-state index contributed by atoms with van der Waals surface area (Å²) in [5.41, 5.74) is 1.72. The molecule has 0 amide bonds. The van der Waals surface area contributed by atoms with Crippen LogP contribution in [0.1, 0.15) is 25.6 Å². The molecule has 5 heteroatoms. The van der Waals surface area contributed by atoms with E-state index in [1.165, 1.54) is 0 Å². The van der Waals surface area contributed by atoms with Crippen LogP contribution in [0.15, 0.2) is 53.8 Å². The second kappa shape index (κ2) is 5.44. The Morgan fingerprint density at radius 1 is 1.00 bits per heavy atom. The fraction of sp³-hybridized carbons (Fsp3) is 0.250. The fourth-order valence-electron chi connectivity index (χ4n) is 2.52. The molecule has 21 heavy (non-hydrogen) atoms. The Morgan fingerprint density at radius 2 is 1.81 bits per heavy atom. The van der Waals surface area contributed by atoms with Crippen LogP contribution in [0.3, 0.4) is 0 Å². The molecule has 0 saturated carbocycles. The lowest BCUT2D eigenvalue weighted by Gasteiger charge is -2.22. The van der Waals surface area contributed by atoms with Crippen molar-refractivity contribution in [2.75, 3.05) is 0 Å². The van der Waals surface area contributed by atoms with E-state index >= 15 is 0 Å². The zero-order valence-corrected chi connectivity index (χ0v) is 12.0. The molecule has 0 spiro atoms. The maximum atomic E-state index is 12.7. The average molecular weight is 280 g/mol. The van der Waals surface area contributed by atoms with Gasteiger partial charge >= 0.3 is 0 Å². The van der Waals surface area contributed by atoms with E-state index in [0.29, 0.717) is 11.0 Å². The van der Waals surface area contributed by atoms with Gasteiger partial charge in [0.25, 0.3) is 5.56 Å². The maximum Gasteiger partial charge on any atom is 0.280 e. The molecule has 0 bridgehead atoms. The van der Waals surface area contributed by atoms with Crippen molar-refractivity contribution < 1.29 is 0 Å². The summed E-state index contributed by atoms with van der Waals surface area (Å²) in [4.78, 5) is 25.6. The van der Waals surface area contributed by atoms with Crippen LogP contribution in [0.5, 0.6) is 0 Å². The second-order valence-corrected chi connectivity index (χ2v) is 5.27. The standard InChI is InChI=1S/C16H16N4O/c1-11(2)15(13-6-3-4-8-17-13)20-10-19-12-7-5-9-18-14(12)16(20)21/h3-11,15H,1-2H3. The molecule has 0 saturated heterocycles. The van der Waals surface area contributed by atoms with E-state index in [9.17, 15) is 4.79 Å². The zero-order valence-electron chi connectivity index (χ0n) is 12.0.